The number of ketones is 2. The Morgan fingerprint density at radius 2 is 1.71 bits per heavy atom. The summed E-state index contributed by atoms with van der Waals surface area (Å²) in [6.07, 6.45) is 0. The minimum absolute atomic E-state index is 0.0677. The normalized spacial score (nSPS) is 19.8. The molecule has 1 atom stereocenters. The van der Waals surface area contributed by atoms with Crippen molar-refractivity contribution in [1.82, 2.24) is 0 Å². The average molecular weight is 372 g/mol. The van der Waals surface area contributed by atoms with E-state index in [9.17, 15) is 14.9 Å². The lowest BCUT2D eigenvalue weighted by atomic mass is 9.75. The molecule has 7 nitrogen and oxygen atoms in total. The van der Waals surface area contributed by atoms with Crippen LogP contribution in [0, 0.1) is 11.3 Å². The molecular formula is C21H12N2O5. The number of nitriles is 1. The summed E-state index contributed by atoms with van der Waals surface area (Å²) in [5.41, 5.74) is 7.23. The van der Waals surface area contributed by atoms with Gasteiger partial charge in [0.2, 0.25) is 18.5 Å². The maximum Gasteiger partial charge on any atom is 0.231 e. The Hall–Kier alpha value is -4.05. The summed E-state index contributed by atoms with van der Waals surface area (Å²) in [5, 5.41) is 9.68. The molecule has 0 spiro atoms. The molecular weight excluding hydrogens is 360 g/mol. The summed E-state index contributed by atoms with van der Waals surface area (Å²) in [4.78, 5) is 26.2. The highest BCUT2D eigenvalue weighted by Crippen LogP contribution is 2.46. The number of benzene rings is 2. The van der Waals surface area contributed by atoms with Crippen molar-refractivity contribution in [3.8, 4) is 17.6 Å². The van der Waals surface area contributed by atoms with Crippen molar-refractivity contribution in [1.29, 1.82) is 5.26 Å². The zero-order valence-corrected chi connectivity index (χ0v) is 14.4. The van der Waals surface area contributed by atoms with Crippen LogP contribution in [0.5, 0.6) is 11.5 Å². The molecule has 7 heteroatoms. The first kappa shape index (κ1) is 16.1. The molecule has 0 amide bonds. The smallest absolute Gasteiger partial charge is 0.231 e. The van der Waals surface area contributed by atoms with Crippen LogP contribution in [0.4, 0.5) is 0 Å². The van der Waals surface area contributed by atoms with Gasteiger partial charge in [-0.1, -0.05) is 30.3 Å². The Labute approximate surface area is 159 Å². The third-order valence-corrected chi connectivity index (χ3v) is 5.02. The Bertz CT molecular complexity index is 1190. The zero-order chi connectivity index (χ0) is 19.4. The fraction of sp³-hybridized carbons (Fsp3) is 0.0952. The molecule has 28 heavy (non-hydrogen) atoms. The van der Waals surface area contributed by atoms with Crippen LogP contribution in [-0.2, 0) is 4.74 Å². The highest BCUT2D eigenvalue weighted by atomic mass is 16.7. The van der Waals surface area contributed by atoms with Gasteiger partial charge in [-0.15, -0.1) is 0 Å². The maximum absolute atomic E-state index is 13.3. The highest BCUT2D eigenvalue weighted by molar-refractivity contribution is 6.27. The predicted octanol–water partition coefficient (Wildman–Crippen LogP) is 2.56. The van der Waals surface area contributed by atoms with Crippen LogP contribution in [0.1, 0.15) is 32.2 Å². The van der Waals surface area contributed by atoms with Crippen LogP contribution in [0.2, 0.25) is 0 Å². The number of nitrogens with zero attached hydrogens (tertiary/aromatic N) is 1. The van der Waals surface area contributed by atoms with Crippen molar-refractivity contribution in [2.75, 3.05) is 6.79 Å². The fourth-order valence-electron chi connectivity index (χ4n) is 3.73. The highest BCUT2D eigenvalue weighted by Gasteiger charge is 2.43. The molecule has 0 aromatic heterocycles. The topological polar surface area (TPSA) is 112 Å². The molecule has 0 fully saturated rings. The second-order valence-corrected chi connectivity index (χ2v) is 6.48. The summed E-state index contributed by atoms with van der Waals surface area (Å²) in [5.74, 6) is -0.904. The van der Waals surface area contributed by atoms with Gasteiger partial charge in [-0.2, -0.15) is 5.26 Å². The van der Waals surface area contributed by atoms with Gasteiger partial charge in [-0.25, -0.2) is 0 Å². The van der Waals surface area contributed by atoms with Crippen LogP contribution in [-0.4, -0.2) is 18.4 Å². The van der Waals surface area contributed by atoms with E-state index in [2.05, 4.69) is 0 Å². The number of carbonyl (C=O) groups excluding carboxylic acids is 2. The number of fused-ring (bicyclic) bond motifs is 2. The fourth-order valence-corrected chi connectivity index (χ4v) is 3.73. The first-order valence-electron chi connectivity index (χ1n) is 8.50. The van der Waals surface area contributed by atoms with E-state index in [1.165, 1.54) is 0 Å². The molecule has 136 valence electrons. The lowest BCUT2D eigenvalue weighted by Crippen LogP contribution is -2.32. The Morgan fingerprint density at radius 3 is 2.46 bits per heavy atom. The van der Waals surface area contributed by atoms with Crippen LogP contribution >= 0.6 is 0 Å². The Morgan fingerprint density at radius 1 is 1.00 bits per heavy atom. The molecule has 0 saturated heterocycles. The largest absolute Gasteiger partial charge is 0.454 e. The van der Waals surface area contributed by atoms with Crippen molar-refractivity contribution < 1.29 is 23.8 Å². The molecule has 2 aliphatic heterocycles. The average Bonchev–Trinajstić information content (AvgIpc) is 3.19. The van der Waals surface area contributed by atoms with E-state index < -0.39 is 11.7 Å². The standard InChI is InChI=1S/C21H12N2O5/c22-8-13-16(10-5-6-14-15(7-10)27-9-26-14)17-18(24)11-3-1-2-4-12(11)19(25)20(17)28-21(13)23/h1-7,16H,9,23H2/t16-/m0/s1. The van der Waals surface area contributed by atoms with E-state index in [4.69, 9.17) is 19.9 Å². The number of hydrogen-bond donors (Lipinski definition) is 1. The predicted molar refractivity (Wildman–Crippen MR) is 95.3 cm³/mol. The Kier molecular flexibility index (Phi) is 3.30. The van der Waals surface area contributed by atoms with Crippen LogP contribution in [0.25, 0.3) is 0 Å². The van der Waals surface area contributed by atoms with Gasteiger partial charge in [0.25, 0.3) is 0 Å². The summed E-state index contributed by atoms with van der Waals surface area (Å²) in [7, 11) is 0. The van der Waals surface area contributed by atoms with Gasteiger partial charge in [0, 0.05) is 11.1 Å². The number of carbonyl (C=O) groups is 2. The second-order valence-electron chi connectivity index (χ2n) is 6.48. The van der Waals surface area contributed by atoms with E-state index in [0.29, 0.717) is 17.1 Å². The third kappa shape index (κ3) is 2.09. The van der Waals surface area contributed by atoms with E-state index in [1.807, 2.05) is 6.07 Å². The van der Waals surface area contributed by atoms with E-state index in [0.717, 1.165) is 0 Å². The SMILES string of the molecule is N#CC1=C(N)OC2=C(C(=O)c3ccccc3C2=O)[C@H]1c1ccc2c(c1)OCO2. The lowest BCUT2D eigenvalue weighted by molar-refractivity contribution is 0.0897. The molecule has 1 aliphatic carbocycles. The van der Waals surface area contributed by atoms with Gasteiger partial charge < -0.3 is 19.9 Å². The van der Waals surface area contributed by atoms with Crippen molar-refractivity contribution in [2.24, 2.45) is 5.73 Å². The van der Waals surface area contributed by atoms with E-state index in [-0.39, 0.29) is 46.5 Å². The molecule has 0 bridgehead atoms. The monoisotopic (exact) mass is 372 g/mol. The molecule has 3 aliphatic rings. The number of hydrogen-bond acceptors (Lipinski definition) is 7. The van der Waals surface area contributed by atoms with Crippen molar-refractivity contribution in [2.45, 2.75) is 5.92 Å². The molecule has 5 rings (SSSR count). The second kappa shape index (κ2) is 5.72. The van der Waals surface area contributed by atoms with E-state index in [1.54, 1.807) is 42.5 Å². The maximum atomic E-state index is 13.3. The van der Waals surface area contributed by atoms with Gasteiger partial charge in [0.1, 0.15) is 11.6 Å². The number of allylic oxidation sites excluding steroid dienone is 3. The molecule has 0 radical (unpaired) electrons. The molecule has 2 N–H and O–H groups in total. The summed E-state index contributed by atoms with van der Waals surface area (Å²) >= 11 is 0. The lowest BCUT2D eigenvalue weighted by Gasteiger charge is -2.30. The summed E-state index contributed by atoms with van der Waals surface area (Å²) in [6.45, 7) is 0.0917. The summed E-state index contributed by atoms with van der Waals surface area (Å²) in [6, 6.07) is 13.6. The number of nitrogens with two attached hydrogens (primary N) is 1. The molecule has 0 saturated carbocycles. The molecule has 2 aromatic rings. The summed E-state index contributed by atoms with van der Waals surface area (Å²) < 4.78 is 16.2. The minimum atomic E-state index is -0.840. The molecule has 0 unspecified atom stereocenters. The zero-order valence-electron chi connectivity index (χ0n) is 14.4. The number of ether oxygens (including phenoxy) is 3. The van der Waals surface area contributed by atoms with E-state index >= 15 is 0 Å². The van der Waals surface area contributed by atoms with Crippen LogP contribution in [0.3, 0.4) is 0 Å². The molecule has 2 aromatic carbocycles. The third-order valence-electron chi connectivity index (χ3n) is 5.02. The minimum Gasteiger partial charge on any atom is -0.454 e. The van der Waals surface area contributed by atoms with Gasteiger partial charge in [0.15, 0.2) is 23.0 Å². The van der Waals surface area contributed by atoms with Crippen molar-refractivity contribution >= 4 is 11.6 Å². The first-order valence-corrected chi connectivity index (χ1v) is 8.50. The van der Waals surface area contributed by atoms with Gasteiger partial charge >= 0.3 is 0 Å². The van der Waals surface area contributed by atoms with Crippen LogP contribution in [0.15, 0.2) is 65.3 Å². The first-order chi connectivity index (χ1) is 13.6. The number of Topliss-reactive ketones (excluding diaryl/α,β-unsaturated/α-hetero) is 2. The van der Waals surface area contributed by atoms with Crippen molar-refractivity contribution in [3.05, 3.63) is 81.9 Å². The van der Waals surface area contributed by atoms with Crippen LogP contribution < -0.4 is 15.2 Å². The quantitative estimate of drug-likeness (QED) is 0.819. The molecule has 2 heterocycles. The van der Waals surface area contributed by atoms with Gasteiger partial charge in [0.05, 0.1) is 11.5 Å². The van der Waals surface area contributed by atoms with Gasteiger partial charge in [-0.05, 0) is 17.7 Å². The number of rotatable bonds is 1. The van der Waals surface area contributed by atoms with Gasteiger partial charge in [-0.3, -0.25) is 9.59 Å². The Balaban J connectivity index is 1.74. The van der Waals surface area contributed by atoms with Crippen molar-refractivity contribution in [3.63, 3.8) is 0 Å².